The molecule has 0 aliphatic rings. The smallest absolute Gasteiger partial charge is 0.370 e. The Kier molecular flexibility index (Phi) is 8.80. The maximum Gasteiger partial charge on any atom is 0.435 e. The van der Waals surface area contributed by atoms with Crippen LogP contribution < -0.4 is 16.0 Å². The maximum atomic E-state index is 14.6. The number of carbonyl (C=O) groups is 3. The Bertz CT molecular complexity index is 1420. The molecule has 0 radical (unpaired) electrons. The summed E-state index contributed by atoms with van der Waals surface area (Å²) in [6.45, 7) is 2.14. The van der Waals surface area contributed by atoms with Crippen LogP contribution in [0.4, 0.5) is 42.1 Å². The van der Waals surface area contributed by atoms with E-state index < -0.39 is 41.3 Å². The van der Waals surface area contributed by atoms with E-state index in [-0.39, 0.29) is 41.0 Å². The third-order valence-corrected chi connectivity index (χ3v) is 6.22. The minimum atomic E-state index is -6.28. The molecule has 0 heterocycles. The van der Waals surface area contributed by atoms with Crippen LogP contribution in [0.3, 0.4) is 0 Å². The number of amides is 3. The Morgan fingerprint density at radius 3 is 1.83 bits per heavy atom. The van der Waals surface area contributed by atoms with Gasteiger partial charge >= 0.3 is 18.0 Å². The molecule has 0 aliphatic heterocycles. The molecule has 218 valence electrons. The Morgan fingerprint density at radius 2 is 1.32 bits per heavy atom. The van der Waals surface area contributed by atoms with Crippen LogP contribution in [0.1, 0.15) is 43.8 Å². The molecule has 0 spiro atoms. The molecule has 0 saturated heterocycles. The lowest BCUT2D eigenvalue weighted by Crippen LogP contribution is -2.50. The monoisotopic (exact) mass is 583 g/mol. The lowest BCUT2D eigenvalue weighted by molar-refractivity contribution is -0.348. The van der Waals surface area contributed by atoms with E-state index >= 15 is 0 Å². The van der Waals surface area contributed by atoms with Crippen molar-refractivity contribution in [2.24, 2.45) is 5.73 Å². The van der Waals surface area contributed by atoms with Crippen LogP contribution in [0.25, 0.3) is 0 Å². The van der Waals surface area contributed by atoms with Gasteiger partial charge in [-0.25, -0.2) is 4.39 Å². The average molecular weight is 584 g/mol. The number of halogens is 7. The lowest BCUT2D eigenvalue weighted by atomic mass is 9.90. The predicted octanol–water partition coefficient (Wildman–Crippen LogP) is 6.37. The van der Waals surface area contributed by atoms with Crippen molar-refractivity contribution in [3.05, 3.63) is 94.5 Å². The summed E-state index contributed by atoms with van der Waals surface area (Å²) in [5, 5.41) is 2.43. The average Bonchev–Trinajstić information content (AvgIpc) is 2.89. The number of hydrogen-bond donors (Lipinski definition) is 2. The largest absolute Gasteiger partial charge is 0.435 e. The molecule has 0 aliphatic carbocycles. The molecule has 3 rings (SSSR count). The summed E-state index contributed by atoms with van der Waals surface area (Å²) in [6.07, 6.45) is -12.8. The number of aryl methyl sites for hydroxylation is 2. The van der Waals surface area contributed by atoms with E-state index in [1.54, 1.807) is 30.3 Å². The SMILES string of the molecule is Cc1cc(C(F)(C(F)(F)F)C(F)(F)F)cc(C)c1NC(=O)c1cccc(N(CCC(N)=O)C(=O)c2ccccc2)c1. The van der Waals surface area contributed by atoms with E-state index in [0.717, 1.165) is 13.8 Å². The highest BCUT2D eigenvalue weighted by Gasteiger charge is 2.73. The number of hydrogen-bond acceptors (Lipinski definition) is 3. The number of alkyl halides is 7. The first-order valence-electron chi connectivity index (χ1n) is 12.0. The molecule has 0 fully saturated rings. The molecular formula is C28H24F7N3O3. The third-order valence-electron chi connectivity index (χ3n) is 6.22. The predicted molar refractivity (Wildman–Crippen MR) is 137 cm³/mol. The number of nitrogens with zero attached hydrogens (tertiary/aromatic N) is 1. The molecule has 3 N–H and O–H groups in total. The second-order valence-corrected chi connectivity index (χ2v) is 9.18. The fourth-order valence-corrected chi connectivity index (χ4v) is 4.15. The number of nitrogens with one attached hydrogen (secondary N) is 1. The van der Waals surface area contributed by atoms with Gasteiger partial charge in [0, 0.05) is 41.0 Å². The number of carbonyl (C=O) groups excluding carboxylic acids is 3. The molecule has 3 amide bonds. The summed E-state index contributed by atoms with van der Waals surface area (Å²) in [6, 6.07) is 14.4. The summed E-state index contributed by atoms with van der Waals surface area (Å²) in [7, 11) is 0. The number of benzene rings is 3. The zero-order valence-electron chi connectivity index (χ0n) is 21.7. The highest BCUT2D eigenvalue weighted by Crippen LogP contribution is 2.53. The van der Waals surface area contributed by atoms with E-state index in [4.69, 9.17) is 5.73 Å². The van der Waals surface area contributed by atoms with Crippen LogP contribution in [-0.4, -0.2) is 36.6 Å². The lowest BCUT2D eigenvalue weighted by Gasteiger charge is -2.31. The summed E-state index contributed by atoms with van der Waals surface area (Å²) in [5.74, 6) is -1.98. The first-order chi connectivity index (χ1) is 19.0. The Balaban J connectivity index is 1.96. The quantitative estimate of drug-likeness (QED) is 0.302. The third kappa shape index (κ3) is 6.50. The summed E-state index contributed by atoms with van der Waals surface area (Å²) < 4.78 is 94.0. The highest BCUT2D eigenvalue weighted by atomic mass is 19.4. The van der Waals surface area contributed by atoms with Gasteiger partial charge in [0.25, 0.3) is 11.8 Å². The zero-order chi connectivity index (χ0) is 30.8. The molecule has 0 saturated carbocycles. The molecule has 0 atom stereocenters. The number of anilines is 2. The Hall–Kier alpha value is -4.42. The van der Waals surface area contributed by atoms with E-state index in [0.29, 0.717) is 17.7 Å². The zero-order valence-corrected chi connectivity index (χ0v) is 21.7. The van der Waals surface area contributed by atoms with Crippen LogP contribution in [0, 0.1) is 13.8 Å². The molecule has 13 heteroatoms. The molecule has 0 bridgehead atoms. The van der Waals surface area contributed by atoms with Gasteiger partial charge in [-0.1, -0.05) is 36.4 Å². The molecule has 41 heavy (non-hydrogen) atoms. The van der Waals surface area contributed by atoms with Crippen molar-refractivity contribution in [3.8, 4) is 0 Å². The minimum Gasteiger partial charge on any atom is -0.370 e. The maximum absolute atomic E-state index is 14.6. The molecular weight excluding hydrogens is 559 g/mol. The van der Waals surface area contributed by atoms with Gasteiger partial charge in [0.1, 0.15) is 0 Å². The van der Waals surface area contributed by atoms with Crippen molar-refractivity contribution in [2.45, 2.75) is 38.3 Å². The Morgan fingerprint density at radius 1 is 0.780 bits per heavy atom. The topological polar surface area (TPSA) is 92.5 Å². The summed E-state index contributed by atoms with van der Waals surface area (Å²) >= 11 is 0. The molecule has 3 aromatic rings. The van der Waals surface area contributed by atoms with E-state index in [9.17, 15) is 45.1 Å². The molecule has 0 unspecified atom stereocenters. The van der Waals surface area contributed by atoms with E-state index in [2.05, 4.69) is 5.32 Å². The standard InChI is InChI=1S/C28H24F7N3O3/c1-16-13-20(26(29,27(30,31)32)28(33,34)35)14-17(2)23(16)37-24(40)19-9-6-10-21(15-19)38(12-11-22(36)39)25(41)18-7-4-3-5-8-18/h3-10,13-15H,11-12H2,1-2H3,(H2,36,39)(H,37,40). The van der Waals surface area contributed by atoms with Gasteiger partial charge in [0.15, 0.2) is 0 Å². The van der Waals surface area contributed by atoms with Gasteiger partial charge in [0.2, 0.25) is 5.91 Å². The molecule has 3 aromatic carbocycles. The molecule has 6 nitrogen and oxygen atoms in total. The van der Waals surface area contributed by atoms with E-state index in [1.807, 2.05) is 0 Å². The second-order valence-electron chi connectivity index (χ2n) is 9.18. The van der Waals surface area contributed by atoms with Crippen LogP contribution >= 0.6 is 0 Å². The summed E-state index contributed by atoms with van der Waals surface area (Å²) in [4.78, 5) is 38.9. The van der Waals surface area contributed by atoms with Gasteiger partial charge in [-0.05, 0) is 55.3 Å². The number of primary amides is 1. The fourth-order valence-electron chi connectivity index (χ4n) is 4.15. The van der Waals surface area contributed by atoms with Crippen LogP contribution in [0.15, 0.2) is 66.7 Å². The van der Waals surface area contributed by atoms with Crippen LogP contribution in [-0.2, 0) is 10.5 Å². The number of rotatable bonds is 8. The van der Waals surface area contributed by atoms with Crippen molar-refractivity contribution >= 4 is 29.1 Å². The first-order valence-corrected chi connectivity index (χ1v) is 12.0. The van der Waals surface area contributed by atoms with Crippen molar-refractivity contribution in [3.63, 3.8) is 0 Å². The normalized spacial score (nSPS) is 12.1. The first kappa shape index (κ1) is 31.1. The van der Waals surface area contributed by atoms with Crippen molar-refractivity contribution in [1.29, 1.82) is 0 Å². The van der Waals surface area contributed by atoms with Crippen LogP contribution in [0.5, 0.6) is 0 Å². The minimum absolute atomic E-state index is 0.0271. The Labute approximate surface area is 229 Å². The van der Waals surface area contributed by atoms with Crippen molar-refractivity contribution < 1.29 is 45.1 Å². The van der Waals surface area contributed by atoms with Gasteiger partial charge in [-0.3, -0.25) is 14.4 Å². The second kappa shape index (κ2) is 11.6. The van der Waals surface area contributed by atoms with Gasteiger partial charge < -0.3 is 16.0 Å². The van der Waals surface area contributed by atoms with Crippen LogP contribution in [0.2, 0.25) is 0 Å². The van der Waals surface area contributed by atoms with Crippen molar-refractivity contribution in [2.75, 3.05) is 16.8 Å². The molecule has 0 aromatic heterocycles. The number of nitrogens with two attached hydrogens (primary N) is 1. The fraction of sp³-hybridized carbons (Fsp3) is 0.250. The van der Waals surface area contributed by atoms with Crippen molar-refractivity contribution in [1.82, 2.24) is 0 Å². The van der Waals surface area contributed by atoms with Gasteiger partial charge in [-0.2, -0.15) is 26.3 Å². The van der Waals surface area contributed by atoms with Gasteiger partial charge in [-0.15, -0.1) is 0 Å². The van der Waals surface area contributed by atoms with E-state index in [1.165, 1.54) is 29.2 Å². The summed E-state index contributed by atoms with van der Waals surface area (Å²) in [5.41, 5.74) is -2.18. The highest BCUT2D eigenvalue weighted by molar-refractivity contribution is 6.09. The van der Waals surface area contributed by atoms with Gasteiger partial charge in [0.05, 0.1) is 0 Å².